The smallest absolute Gasteiger partial charge is 0.292 e. The van der Waals surface area contributed by atoms with Gasteiger partial charge in [-0.05, 0) is 42.8 Å². The summed E-state index contributed by atoms with van der Waals surface area (Å²) in [6.45, 7) is 2.52. The Hall–Kier alpha value is -3.48. The average molecular weight is 336 g/mol. The molecule has 7 nitrogen and oxygen atoms in total. The van der Waals surface area contributed by atoms with E-state index < -0.39 is 5.91 Å². The summed E-state index contributed by atoms with van der Waals surface area (Å²) >= 11 is 0. The van der Waals surface area contributed by atoms with Crippen LogP contribution in [0, 0.1) is 0 Å². The van der Waals surface area contributed by atoms with Gasteiger partial charge in [0, 0.05) is 5.39 Å². The van der Waals surface area contributed by atoms with Gasteiger partial charge in [-0.25, -0.2) is 10.5 Å². The zero-order valence-corrected chi connectivity index (χ0v) is 13.5. The van der Waals surface area contributed by atoms with Crippen molar-refractivity contribution in [2.75, 3.05) is 6.61 Å². The van der Waals surface area contributed by atoms with Crippen LogP contribution < -0.4 is 15.7 Å². The lowest BCUT2D eigenvalue weighted by molar-refractivity contribution is 0.0951. The number of carbonyl (C=O) groups is 1. The van der Waals surface area contributed by atoms with Gasteiger partial charge in [-0.1, -0.05) is 18.2 Å². The summed E-state index contributed by atoms with van der Waals surface area (Å²) in [6, 6.07) is 14.1. The predicted molar refractivity (Wildman–Crippen MR) is 95.0 cm³/mol. The van der Waals surface area contributed by atoms with Crippen molar-refractivity contribution in [3.8, 4) is 5.75 Å². The van der Waals surface area contributed by atoms with Crippen molar-refractivity contribution >= 4 is 22.9 Å². The van der Waals surface area contributed by atoms with Crippen molar-refractivity contribution in [1.29, 1.82) is 0 Å². The first-order chi connectivity index (χ1) is 12.2. The van der Waals surface area contributed by atoms with Crippen molar-refractivity contribution in [2.24, 2.45) is 5.10 Å². The molecule has 0 radical (unpaired) electrons. The fraction of sp³-hybridized carbons (Fsp3) is 0.111. The standard InChI is InChI=1S/C18H16N4O3/c1-2-25-13-9-7-12(8-10-13)11-19-21-18(24)16-14-5-3-4-6-15(14)17(23)22-20-16/h3-11H,2H2,1H3,(H,21,24)(H,22,23)/b19-11-. The Balaban J connectivity index is 1.75. The first-order valence-corrected chi connectivity index (χ1v) is 7.72. The highest BCUT2D eigenvalue weighted by Crippen LogP contribution is 2.12. The van der Waals surface area contributed by atoms with Crippen LogP contribution in [0.25, 0.3) is 10.8 Å². The molecule has 0 saturated heterocycles. The number of rotatable bonds is 5. The van der Waals surface area contributed by atoms with E-state index in [0.29, 0.717) is 17.4 Å². The van der Waals surface area contributed by atoms with Crippen LogP contribution in [0.4, 0.5) is 0 Å². The predicted octanol–water partition coefficient (Wildman–Crippen LogP) is 2.09. The number of nitrogens with zero attached hydrogens (tertiary/aromatic N) is 2. The van der Waals surface area contributed by atoms with Gasteiger partial charge in [-0.3, -0.25) is 9.59 Å². The summed E-state index contributed by atoms with van der Waals surface area (Å²) in [4.78, 5) is 24.0. The molecule has 0 saturated carbocycles. The van der Waals surface area contributed by atoms with E-state index >= 15 is 0 Å². The maximum atomic E-state index is 12.3. The molecule has 0 spiro atoms. The number of H-pyrrole nitrogens is 1. The Bertz CT molecular complexity index is 978. The number of amides is 1. The Kier molecular flexibility index (Phi) is 4.84. The third-order valence-electron chi connectivity index (χ3n) is 3.48. The molecule has 25 heavy (non-hydrogen) atoms. The van der Waals surface area contributed by atoms with Crippen LogP contribution in [0.5, 0.6) is 5.75 Å². The van der Waals surface area contributed by atoms with Crippen molar-refractivity contribution in [3.05, 3.63) is 70.1 Å². The van der Waals surface area contributed by atoms with Crippen LogP contribution in [0.15, 0.2) is 58.4 Å². The monoisotopic (exact) mass is 336 g/mol. The SMILES string of the molecule is CCOc1ccc(/C=N\NC(=O)c2n[nH]c(=O)c3ccccc23)cc1. The summed E-state index contributed by atoms with van der Waals surface area (Å²) in [7, 11) is 0. The van der Waals surface area contributed by atoms with Crippen molar-refractivity contribution < 1.29 is 9.53 Å². The molecule has 2 aromatic carbocycles. The van der Waals surface area contributed by atoms with Crippen LogP contribution in [0.1, 0.15) is 23.0 Å². The van der Waals surface area contributed by atoms with E-state index in [4.69, 9.17) is 4.74 Å². The summed E-state index contributed by atoms with van der Waals surface area (Å²) in [5, 5.41) is 10.9. The molecule has 126 valence electrons. The van der Waals surface area contributed by atoms with Crippen LogP contribution in [0.3, 0.4) is 0 Å². The fourth-order valence-electron chi connectivity index (χ4n) is 2.32. The maximum Gasteiger partial charge on any atom is 0.292 e. The fourth-order valence-corrected chi connectivity index (χ4v) is 2.32. The molecule has 7 heteroatoms. The van der Waals surface area contributed by atoms with E-state index in [9.17, 15) is 9.59 Å². The Morgan fingerprint density at radius 1 is 1.20 bits per heavy atom. The molecule has 2 N–H and O–H groups in total. The Morgan fingerprint density at radius 2 is 1.92 bits per heavy atom. The molecule has 1 amide bonds. The van der Waals surface area contributed by atoms with Gasteiger partial charge >= 0.3 is 0 Å². The van der Waals surface area contributed by atoms with E-state index in [1.165, 1.54) is 6.21 Å². The molecule has 0 aliphatic rings. The second-order valence-corrected chi connectivity index (χ2v) is 5.15. The van der Waals surface area contributed by atoms with E-state index in [2.05, 4.69) is 20.7 Å². The lowest BCUT2D eigenvalue weighted by Gasteiger charge is -2.03. The van der Waals surface area contributed by atoms with Gasteiger partial charge in [0.05, 0.1) is 18.2 Å². The molecule has 0 fully saturated rings. The van der Waals surface area contributed by atoms with Crippen molar-refractivity contribution in [1.82, 2.24) is 15.6 Å². The van der Waals surface area contributed by atoms with Gasteiger partial charge in [0.15, 0.2) is 5.69 Å². The minimum absolute atomic E-state index is 0.110. The Labute approximate surface area is 143 Å². The van der Waals surface area contributed by atoms with Gasteiger partial charge in [-0.2, -0.15) is 10.2 Å². The number of carbonyl (C=O) groups excluding carboxylic acids is 1. The summed E-state index contributed by atoms with van der Waals surface area (Å²) < 4.78 is 5.36. The molecular weight excluding hydrogens is 320 g/mol. The van der Waals surface area contributed by atoms with Crippen LogP contribution in [-0.2, 0) is 0 Å². The topological polar surface area (TPSA) is 96.4 Å². The quantitative estimate of drug-likeness (QED) is 0.551. The van der Waals surface area contributed by atoms with Crippen LogP contribution in [0.2, 0.25) is 0 Å². The number of ether oxygens (including phenoxy) is 1. The van der Waals surface area contributed by atoms with E-state index in [-0.39, 0.29) is 11.3 Å². The van der Waals surface area contributed by atoms with Gasteiger partial charge < -0.3 is 4.74 Å². The molecule has 0 aliphatic heterocycles. The molecule has 3 rings (SSSR count). The number of nitrogens with one attached hydrogen (secondary N) is 2. The highest BCUT2D eigenvalue weighted by molar-refractivity contribution is 6.04. The minimum Gasteiger partial charge on any atom is -0.494 e. The van der Waals surface area contributed by atoms with Gasteiger partial charge in [0.1, 0.15) is 5.75 Å². The van der Waals surface area contributed by atoms with Crippen molar-refractivity contribution in [3.63, 3.8) is 0 Å². The molecule has 0 unspecified atom stereocenters. The molecular formula is C18H16N4O3. The molecule has 0 aliphatic carbocycles. The van der Waals surface area contributed by atoms with E-state index in [1.807, 2.05) is 31.2 Å². The first-order valence-electron chi connectivity index (χ1n) is 7.72. The van der Waals surface area contributed by atoms with E-state index in [0.717, 1.165) is 11.3 Å². The van der Waals surface area contributed by atoms with E-state index in [1.54, 1.807) is 24.3 Å². The second kappa shape index (κ2) is 7.39. The molecule has 1 aromatic heterocycles. The van der Waals surface area contributed by atoms with Crippen molar-refractivity contribution in [2.45, 2.75) is 6.92 Å². The molecule has 3 aromatic rings. The average Bonchev–Trinajstić information content (AvgIpc) is 2.64. The zero-order chi connectivity index (χ0) is 17.6. The first kappa shape index (κ1) is 16.4. The third kappa shape index (κ3) is 3.72. The third-order valence-corrected chi connectivity index (χ3v) is 3.48. The Morgan fingerprint density at radius 3 is 2.64 bits per heavy atom. The van der Waals surface area contributed by atoms with Gasteiger partial charge in [-0.15, -0.1) is 0 Å². The molecule has 0 bridgehead atoms. The molecule has 1 heterocycles. The number of hydrogen-bond acceptors (Lipinski definition) is 5. The van der Waals surface area contributed by atoms with Gasteiger partial charge in [0.2, 0.25) is 0 Å². The summed E-state index contributed by atoms with van der Waals surface area (Å²) in [5.41, 5.74) is 2.99. The largest absolute Gasteiger partial charge is 0.494 e. The minimum atomic E-state index is -0.505. The second-order valence-electron chi connectivity index (χ2n) is 5.15. The number of fused-ring (bicyclic) bond motifs is 1. The van der Waals surface area contributed by atoms with Crippen LogP contribution in [-0.4, -0.2) is 28.9 Å². The van der Waals surface area contributed by atoms with Gasteiger partial charge in [0.25, 0.3) is 11.5 Å². The number of aromatic amines is 1. The number of benzene rings is 2. The molecule has 0 atom stereocenters. The highest BCUT2D eigenvalue weighted by Gasteiger charge is 2.12. The number of hydrazone groups is 1. The summed E-state index contributed by atoms with van der Waals surface area (Å²) in [5.74, 6) is 0.266. The highest BCUT2D eigenvalue weighted by atomic mass is 16.5. The number of aromatic nitrogens is 2. The normalized spacial score (nSPS) is 10.9. The zero-order valence-electron chi connectivity index (χ0n) is 13.5. The lowest BCUT2D eigenvalue weighted by Crippen LogP contribution is -2.22. The lowest BCUT2D eigenvalue weighted by atomic mass is 10.1. The summed E-state index contributed by atoms with van der Waals surface area (Å²) in [6.07, 6.45) is 1.52. The van der Waals surface area contributed by atoms with Crippen LogP contribution >= 0.6 is 0 Å². The number of hydrogen-bond donors (Lipinski definition) is 2. The maximum absolute atomic E-state index is 12.3.